The van der Waals surface area contributed by atoms with Crippen molar-refractivity contribution in [1.82, 2.24) is 24.8 Å². The fourth-order valence-corrected chi connectivity index (χ4v) is 4.92. The molecule has 2 aliphatic rings. The predicted octanol–water partition coefficient (Wildman–Crippen LogP) is 3.56. The number of imidazole rings is 1. The Morgan fingerprint density at radius 2 is 1.94 bits per heavy atom. The van der Waals surface area contributed by atoms with Crippen molar-refractivity contribution in [2.45, 2.75) is 44.8 Å². The summed E-state index contributed by atoms with van der Waals surface area (Å²) in [6.07, 6.45) is 3.12. The molecule has 2 aliphatic heterocycles. The number of hydrogen-bond donors (Lipinski definition) is 2. The maximum atomic E-state index is 14.5. The van der Waals surface area contributed by atoms with Crippen molar-refractivity contribution >= 4 is 23.3 Å². The lowest BCUT2D eigenvalue weighted by molar-refractivity contribution is 0.176. The third-order valence-corrected chi connectivity index (χ3v) is 6.29. The number of rotatable bonds is 3. The van der Waals surface area contributed by atoms with Crippen LogP contribution in [0.5, 0.6) is 0 Å². The van der Waals surface area contributed by atoms with E-state index in [2.05, 4.69) is 15.6 Å². The van der Waals surface area contributed by atoms with E-state index in [0.717, 1.165) is 12.5 Å². The molecule has 2 unspecified atom stereocenters. The third kappa shape index (κ3) is 4.22. The average molecular weight is 456 g/mol. The second-order valence-corrected chi connectivity index (χ2v) is 8.93. The molecule has 10 heteroatoms. The number of carbonyl (C=O) groups excluding carboxylic acids is 1. The molecule has 174 valence electrons. The Hall–Kier alpha value is -3.27. The van der Waals surface area contributed by atoms with Gasteiger partial charge in [-0.25, -0.2) is 18.6 Å². The Morgan fingerprint density at radius 1 is 1.15 bits per heavy atom. The molecule has 1 aromatic carbocycles. The van der Waals surface area contributed by atoms with Gasteiger partial charge < -0.3 is 15.1 Å². The summed E-state index contributed by atoms with van der Waals surface area (Å²) in [5.74, 6) is 0.192. The first-order valence-corrected chi connectivity index (χ1v) is 11.3. The van der Waals surface area contributed by atoms with Crippen LogP contribution in [0.3, 0.4) is 0 Å². The number of fused-ring (bicyclic) bond motifs is 1. The van der Waals surface area contributed by atoms with Gasteiger partial charge in [0.15, 0.2) is 11.5 Å². The van der Waals surface area contributed by atoms with Crippen molar-refractivity contribution < 1.29 is 13.6 Å². The van der Waals surface area contributed by atoms with Gasteiger partial charge in [0.1, 0.15) is 17.5 Å². The van der Waals surface area contributed by atoms with E-state index in [1.54, 1.807) is 15.6 Å². The molecule has 2 amide bonds. The third-order valence-electron chi connectivity index (χ3n) is 6.29. The highest BCUT2D eigenvalue weighted by molar-refractivity contribution is 5.89. The van der Waals surface area contributed by atoms with Gasteiger partial charge in [0.2, 0.25) is 0 Å². The van der Waals surface area contributed by atoms with Crippen molar-refractivity contribution in [1.29, 1.82) is 0 Å². The lowest BCUT2D eigenvalue weighted by Crippen LogP contribution is -2.56. The summed E-state index contributed by atoms with van der Waals surface area (Å²) in [6, 6.07) is 7.09. The first kappa shape index (κ1) is 21.6. The van der Waals surface area contributed by atoms with E-state index < -0.39 is 11.6 Å². The van der Waals surface area contributed by atoms with Crippen LogP contribution in [0.2, 0.25) is 0 Å². The molecular weight excluding hydrogens is 428 g/mol. The molecule has 3 aromatic rings. The highest BCUT2D eigenvalue weighted by atomic mass is 19.1. The second-order valence-electron chi connectivity index (χ2n) is 8.93. The molecule has 2 fully saturated rings. The quantitative estimate of drug-likeness (QED) is 0.632. The van der Waals surface area contributed by atoms with Crippen LogP contribution in [-0.4, -0.2) is 57.2 Å². The van der Waals surface area contributed by atoms with E-state index in [1.807, 2.05) is 30.9 Å². The molecule has 2 saturated heterocycles. The maximum absolute atomic E-state index is 14.5. The molecule has 0 saturated carbocycles. The van der Waals surface area contributed by atoms with Gasteiger partial charge in [0.25, 0.3) is 0 Å². The summed E-state index contributed by atoms with van der Waals surface area (Å²) in [5, 5.41) is 11.0. The molecule has 0 aliphatic carbocycles. The van der Waals surface area contributed by atoms with Crippen molar-refractivity contribution in [3.63, 3.8) is 0 Å². The van der Waals surface area contributed by atoms with Crippen LogP contribution in [0, 0.1) is 11.6 Å². The van der Waals surface area contributed by atoms with Gasteiger partial charge in [-0.05, 0) is 57.0 Å². The lowest BCUT2D eigenvalue weighted by atomic mass is 10.0. The van der Waals surface area contributed by atoms with Gasteiger partial charge in [-0.1, -0.05) is 0 Å². The van der Waals surface area contributed by atoms with E-state index in [-0.39, 0.29) is 24.2 Å². The Kier molecular flexibility index (Phi) is 5.61. The van der Waals surface area contributed by atoms with Crippen LogP contribution in [0.15, 0.2) is 36.5 Å². The number of amides is 2. The van der Waals surface area contributed by atoms with E-state index >= 15 is 0 Å². The van der Waals surface area contributed by atoms with Crippen LogP contribution in [0.25, 0.3) is 5.65 Å². The van der Waals surface area contributed by atoms with E-state index in [4.69, 9.17) is 5.10 Å². The van der Waals surface area contributed by atoms with Crippen LogP contribution >= 0.6 is 0 Å². The molecule has 2 N–H and O–H groups in total. The fraction of sp³-hybridized carbons (Fsp3) is 0.435. The summed E-state index contributed by atoms with van der Waals surface area (Å²) in [5.41, 5.74) is 0.916. The molecule has 3 atom stereocenters. The smallest absolute Gasteiger partial charge is 0.323 e. The van der Waals surface area contributed by atoms with Gasteiger partial charge in [-0.3, -0.25) is 5.32 Å². The maximum Gasteiger partial charge on any atom is 0.323 e. The van der Waals surface area contributed by atoms with Gasteiger partial charge in [0.05, 0.1) is 12.2 Å². The van der Waals surface area contributed by atoms with Gasteiger partial charge in [-0.15, -0.1) is 5.10 Å². The first-order valence-electron chi connectivity index (χ1n) is 11.3. The van der Waals surface area contributed by atoms with Crippen molar-refractivity contribution in [3.05, 3.63) is 53.7 Å². The minimum atomic E-state index is -0.460. The summed E-state index contributed by atoms with van der Waals surface area (Å²) < 4.78 is 29.9. The fourth-order valence-electron chi connectivity index (χ4n) is 4.92. The Labute approximate surface area is 190 Å². The average Bonchev–Trinajstić information content (AvgIpc) is 3.42. The zero-order valence-corrected chi connectivity index (χ0v) is 18.6. The zero-order chi connectivity index (χ0) is 23.1. The number of urea groups is 1. The number of nitrogens with zero attached hydrogens (tertiary/aromatic N) is 5. The van der Waals surface area contributed by atoms with Crippen molar-refractivity contribution in [2.75, 3.05) is 29.9 Å². The highest BCUT2D eigenvalue weighted by Crippen LogP contribution is 2.36. The number of halogens is 2. The number of carbonyl (C=O) groups is 1. The second kappa shape index (κ2) is 8.58. The summed E-state index contributed by atoms with van der Waals surface area (Å²) >= 11 is 0. The van der Waals surface area contributed by atoms with Gasteiger partial charge in [-0.2, -0.15) is 4.52 Å². The molecule has 8 nitrogen and oxygen atoms in total. The number of anilines is 2. The monoisotopic (exact) mass is 455 g/mol. The van der Waals surface area contributed by atoms with E-state index in [9.17, 15) is 13.6 Å². The number of aromatic nitrogens is 3. The molecule has 0 spiro atoms. The number of benzene rings is 1. The molecule has 0 radical (unpaired) electrons. The summed E-state index contributed by atoms with van der Waals surface area (Å²) in [7, 11) is 0. The number of piperazine rings is 1. The number of nitrogens with one attached hydrogen (secondary N) is 2. The van der Waals surface area contributed by atoms with E-state index in [0.29, 0.717) is 48.9 Å². The molecular formula is C23H27F2N7O. The minimum Gasteiger partial charge on any atom is -0.348 e. The van der Waals surface area contributed by atoms with Gasteiger partial charge in [0, 0.05) is 37.3 Å². The first-order chi connectivity index (χ1) is 15.9. The van der Waals surface area contributed by atoms with Crippen LogP contribution in [0.4, 0.5) is 25.2 Å². The van der Waals surface area contributed by atoms with Crippen molar-refractivity contribution in [2.24, 2.45) is 0 Å². The summed E-state index contributed by atoms with van der Waals surface area (Å²) in [6.45, 7) is 5.99. The molecule has 4 heterocycles. The normalized spacial score (nSPS) is 23.3. The highest BCUT2D eigenvalue weighted by Gasteiger charge is 2.30. The largest absolute Gasteiger partial charge is 0.348 e. The van der Waals surface area contributed by atoms with E-state index in [1.165, 1.54) is 12.1 Å². The van der Waals surface area contributed by atoms with Crippen molar-refractivity contribution in [3.8, 4) is 0 Å². The van der Waals surface area contributed by atoms with Gasteiger partial charge >= 0.3 is 6.03 Å². The predicted molar refractivity (Wildman–Crippen MR) is 121 cm³/mol. The zero-order valence-electron chi connectivity index (χ0n) is 18.6. The Balaban J connectivity index is 1.41. The molecule has 33 heavy (non-hydrogen) atoms. The molecule has 0 bridgehead atoms. The Morgan fingerprint density at radius 3 is 2.73 bits per heavy atom. The standard InChI is InChI=1S/C23H27F2N7O/c1-14-12-30(13-15(2)27-14)23(33)28-22-11-26-20-7-8-21(29-32(20)22)31-9-3-4-19(31)17-10-16(24)5-6-18(17)25/h5-8,10-11,14-15,19,27H,3-4,9,12-13H2,1-2H3,(H,28,33)/t14?,15?,19-/m1/s1. The summed E-state index contributed by atoms with van der Waals surface area (Å²) in [4.78, 5) is 21.0. The molecule has 5 rings (SSSR count). The van der Waals surface area contributed by atoms with Crippen LogP contribution in [0.1, 0.15) is 38.3 Å². The SMILES string of the molecule is CC1CN(C(=O)Nc2cnc3ccc(N4CCC[C@@H]4c4cc(F)ccc4F)nn23)CC(C)N1. The van der Waals surface area contributed by atoms with Crippen LogP contribution < -0.4 is 15.5 Å². The Bertz CT molecular complexity index is 1170. The minimum absolute atomic E-state index is 0.204. The lowest BCUT2D eigenvalue weighted by Gasteiger charge is -2.35. The number of hydrogen-bond acceptors (Lipinski definition) is 5. The topological polar surface area (TPSA) is 77.8 Å². The molecule has 2 aromatic heterocycles. The van der Waals surface area contributed by atoms with Crippen LogP contribution in [-0.2, 0) is 0 Å².